The molecule has 0 radical (unpaired) electrons. The Labute approximate surface area is 118 Å². The Morgan fingerprint density at radius 2 is 1.41 bits per heavy atom. The third kappa shape index (κ3) is 4.12. The summed E-state index contributed by atoms with van der Waals surface area (Å²) in [6.07, 6.45) is -16.9. The number of carbonyl (C=O) groups excluding carboxylic acids is 2. The van der Waals surface area contributed by atoms with Crippen LogP contribution in [0.5, 0.6) is 0 Å². The Hall–Kier alpha value is -1.30. The van der Waals surface area contributed by atoms with Crippen molar-refractivity contribution in [3.63, 3.8) is 0 Å². The summed E-state index contributed by atoms with van der Waals surface area (Å²) in [7, 11) is 0. The average molecular weight is 346 g/mol. The van der Waals surface area contributed by atoms with Crippen molar-refractivity contribution in [2.24, 2.45) is 5.41 Å². The number of carbonyl (C=O) groups is 2. The fourth-order valence-electron chi connectivity index (χ4n) is 1.49. The zero-order chi connectivity index (χ0) is 17.8. The molecule has 0 spiro atoms. The third-order valence-electron chi connectivity index (χ3n) is 2.47. The SMILES string of the molecule is CCOCCOC(C(F)(F)F)C(C(=O)F)(C(=O)F)C(F)(F)F. The highest BCUT2D eigenvalue weighted by atomic mass is 19.4. The van der Waals surface area contributed by atoms with Gasteiger partial charge in [-0.2, -0.15) is 35.1 Å². The van der Waals surface area contributed by atoms with Gasteiger partial charge in [-0.25, -0.2) is 0 Å². The molecular formula is C10H10F8O4. The molecular weight excluding hydrogens is 336 g/mol. The molecule has 0 fully saturated rings. The van der Waals surface area contributed by atoms with Crippen LogP contribution in [0.15, 0.2) is 0 Å². The molecule has 0 aliphatic heterocycles. The molecule has 0 aromatic heterocycles. The molecule has 4 nitrogen and oxygen atoms in total. The highest BCUT2D eigenvalue weighted by Crippen LogP contribution is 2.49. The molecule has 0 amide bonds. The first-order chi connectivity index (χ1) is 9.83. The second kappa shape index (κ2) is 7.31. The molecule has 1 atom stereocenters. The van der Waals surface area contributed by atoms with Crippen molar-refractivity contribution in [3.05, 3.63) is 0 Å². The predicted octanol–water partition coefficient (Wildman–Crippen LogP) is 2.51. The number of ether oxygens (including phenoxy) is 2. The lowest BCUT2D eigenvalue weighted by Crippen LogP contribution is -2.62. The van der Waals surface area contributed by atoms with E-state index in [1.165, 1.54) is 6.92 Å². The molecule has 0 aromatic rings. The number of rotatable bonds is 8. The molecule has 0 aliphatic rings. The standard InChI is InChI=1S/C10H10F8O4/c1-2-21-3-4-22-5(9(13,14)15)8(6(11)19,7(12)20)10(16,17)18/h5H,2-4H2,1H3. The van der Waals surface area contributed by atoms with E-state index in [1.807, 2.05) is 0 Å². The predicted molar refractivity (Wildman–Crippen MR) is 53.0 cm³/mol. The highest BCUT2D eigenvalue weighted by molar-refractivity contribution is 6.01. The molecule has 0 aliphatic carbocycles. The topological polar surface area (TPSA) is 52.6 Å². The maximum atomic E-state index is 12.7. The number of halogens is 8. The first-order valence-electron chi connectivity index (χ1n) is 5.56. The van der Waals surface area contributed by atoms with Gasteiger partial charge in [0.15, 0.2) is 6.10 Å². The maximum Gasteiger partial charge on any atom is 0.416 e. The summed E-state index contributed by atoms with van der Waals surface area (Å²) >= 11 is 0. The molecule has 0 aromatic carbocycles. The summed E-state index contributed by atoms with van der Waals surface area (Å²) in [5.41, 5.74) is -5.63. The van der Waals surface area contributed by atoms with Gasteiger partial charge in [0, 0.05) is 6.61 Å². The third-order valence-corrected chi connectivity index (χ3v) is 2.47. The Kier molecular flexibility index (Phi) is 6.88. The van der Waals surface area contributed by atoms with Gasteiger partial charge < -0.3 is 9.47 Å². The molecule has 1 unspecified atom stereocenters. The second-order valence-electron chi connectivity index (χ2n) is 3.84. The van der Waals surface area contributed by atoms with E-state index in [4.69, 9.17) is 0 Å². The minimum absolute atomic E-state index is 0.0332. The van der Waals surface area contributed by atoms with Crippen LogP contribution in [0.3, 0.4) is 0 Å². The molecule has 22 heavy (non-hydrogen) atoms. The molecule has 0 heterocycles. The van der Waals surface area contributed by atoms with E-state index >= 15 is 0 Å². The monoisotopic (exact) mass is 346 g/mol. The Morgan fingerprint density at radius 3 is 1.68 bits per heavy atom. The normalized spacial score (nSPS) is 14.8. The molecule has 0 saturated carbocycles. The average Bonchev–Trinajstić information content (AvgIpc) is 2.28. The lowest BCUT2D eigenvalue weighted by atomic mass is 9.81. The van der Waals surface area contributed by atoms with Gasteiger partial charge in [-0.1, -0.05) is 0 Å². The zero-order valence-corrected chi connectivity index (χ0v) is 10.9. The fraction of sp³-hybridized carbons (Fsp3) is 0.800. The van der Waals surface area contributed by atoms with Crippen molar-refractivity contribution in [1.82, 2.24) is 0 Å². The van der Waals surface area contributed by atoms with Crippen LogP contribution in [0, 0.1) is 5.41 Å². The van der Waals surface area contributed by atoms with Crippen LogP contribution in [0.4, 0.5) is 35.1 Å². The molecule has 0 bridgehead atoms. The van der Waals surface area contributed by atoms with Crippen molar-refractivity contribution in [3.8, 4) is 0 Å². The van der Waals surface area contributed by atoms with Gasteiger partial charge in [0.05, 0.1) is 13.2 Å². The highest BCUT2D eigenvalue weighted by Gasteiger charge is 2.77. The van der Waals surface area contributed by atoms with E-state index in [1.54, 1.807) is 0 Å². The van der Waals surface area contributed by atoms with Crippen LogP contribution >= 0.6 is 0 Å². The van der Waals surface area contributed by atoms with Gasteiger partial charge in [-0.05, 0) is 6.92 Å². The van der Waals surface area contributed by atoms with Crippen molar-refractivity contribution in [1.29, 1.82) is 0 Å². The van der Waals surface area contributed by atoms with Crippen LogP contribution in [0.1, 0.15) is 6.92 Å². The largest absolute Gasteiger partial charge is 0.416 e. The number of alkyl halides is 6. The Morgan fingerprint density at radius 1 is 0.955 bits per heavy atom. The van der Waals surface area contributed by atoms with Gasteiger partial charge in [0.2, 0.25) is 0 Å². The number of hydrogen-bond acceptors (Lipinski definition) is 4. The molecule has 0 rings (SSSR count). The van der Waals surface area contributed by atoms with E-state index in [0.29, 0.717) is 0 Å². The smallest absolute Gasteiger partial charge is 0.379 e. The second-order valence-corrected chi connectivity index (χ2v) is 3.84. The number of hydrogen-bond donors (Lipinski definition) is 0. The van der Waals surface area contributed by atoms with Crippen molar-refractivity contribution >= 4 is 12.1 Å². The zero-order valence-electron chi connectivity index (χ0n) is 10.9. The molecule has 12 heteroatoms. The van der Waals surface area contributed by atoms with Crippen molar-refractivity contribution in [2.75, 3.05) is 19.8 Å². The van der Waals surface area contributed by atoms with E-state index in [-0.39, 0.29) is 6.61 Å². The van der Waals surface area contributed by atoms with Gasteiger partial charge in [-0.3, -0.25) is 9.59 Å². The van der Waals surface area contributed by atoms with Crippen LogP contribution in [0.25, 0.3) is 0 Å². The lowest BCUT2D eigenvalue weighted by molar-refractivity contribution is -0.312. The quantitative estimate of drug-likeness (QED) is 0.293. The van der Waals surface area contributed by atoms with Gasteiger partial charge >= 0.3 is 24.4 Å². The summed E-state index contributed by atoms with van der Waals surface area (Å²) < 4.78 is 110. The minimum Gasteiger partial charge on any atom is -0.379 e. The summed E-state index contributed by atoms with van der Waals surface area (Å²) in [5, 5.41) is 0. The van der Waals surface area contributed by atoms with Crippen LogP contribution < -0.4 is 0 Å². The molecule has 130 valence electrons. The van der Waals surface area contributed by atoms with E-state index < -0.39 is 49.2 Å². The molecule has 0 saturated heterocycles. The minimum atomic E-state index is -6.50. The van der Waals surface area contributed by atoms with Crippen molar-refractivity contribution < 1.29 is 54.2 Å². The lowest BCUT2D eigenvalue weighted by Gasteiger charge is -2.35. The van der Waals surface area contributed by atoms with E-state index in [0.717, 1.165) is 0 Å². The summed E-state index contributed by atoms with van der Waals surface area (Å²) in [6.45, 7) is -0.472. The van der Waals surface area contributed by atoms with E-state index in [9.17, 15) is 44.7 Å². The van der Waals surface area contributed by atoms with Crippen LogP contribution in [-0.2, 0) is 19.1 Å². The first-order valence-corrected chi connectivity index (χ1v) is 5.56. The Balaban J connectivity index is 5.87. The maximum absolute atomic E-state index is 12.7. The van der Waals surface area contributed by atoms with Gasteiger partial charge in [0.25, 0.3) is 5.41 Å². The van der Waals surface area contributed by atoms with Gasteiger partial charge in [0.1, 0.15) is 0 Å². The summed E-state index contributed by atoms with van der Waals surface area (Å²) in [4.78, 5) is 20.9. The van der Waals surface area contributed by atoms with Crippen LogP contribution in [0.2, 0.25) is 0 Å². The Bertz CT molecular complexity index is 389. The van der Waals surface area contributed by atoms with Crippen molar-refractivity contribution in [2.45, 2.75) is 25.4 Å². The van der Waals surface area contributed by atoms with E-state index in [2.05, 4.69) is 9.47 Å². The van der Waals surface area contributed by atoms with Crippen LogP contribution in [-0.4, -0.2) is 50.4 Å². The molecule has 0 N–H and O–H groups in total. The van der Waals surface area contributed by atoms with Gasteiger partial charge in [-0.15, -0.1) is 0 Å². The first kappa shape index (κ1) is 20.7. The summed E-state index contributed by atoms with van der Waals surface area (Å²) in [5.74, 6) is 0. The fourth-order valence-corrected chi connectivity index (χ4v) is 1.49. The summed E-state index contributed by atoms with van der Waals surface area (Å²) in [6, 6.07) is -7.71.